The van der Waals surface area contributed by atoms with E-state index < -0.39 is 0 Å². The minimum atomic E-state index is -0.209. The normalized spacial score (nSPS) is 11.1. The summed E-state index contributed by atoms with van der Waals surface area (Å²) in [7, 11) is 0. The van der Waals surface area contributed by atoms with Gasteiger partial charge in [-0.1, -0.05) is 0 Å². The van der Waals surface area contributed by atoms with Crippen LogP contribution in [-0.4, -0.2) is 16.5 Å². The Kier molecular flexibility index (Phi) is 3.97. The summed E-state index contributed by atoms with van der Waals surface area (Å²) in [6, 6.07) is 8.79. The molecule has 0 bridgehead atoms. The fourth-order valence-corrected chi connectivity index (χ4v) is 2.68. The lowest BCUT2D eigenvalue weighted by atomic mass is 10.0. The summed E-state index contributed by atoms with van der Waals surface area (Å²) in [4.78, 5) is 7.57. The van der Waals surface area contributed by atoms with Crippen LogP contribution in [0.25, 0.3) is 22.2 Å². The highest BCUT2D eigenvalue weighted by Crippen LogP contribution is 2.31. The van der Waals surface area contributed by atoms with Crippen molar-refractivity contribution in [3.63, 3.8) is 0 Å². The average molecular weight is 283 g/mol. The number of nitrogens with two attached hydrogens (primary N) is 1. The maximum atomic E-state index is 13.6. The Labute approximate surface area is 123 Å². The molecule has 0 unspecified atom stereocenters. The van der Waals surface area contributed by atoms with Crippen LogP contribution in [0.5, 0.6) is 0 Å². The summed E-state index contributed by atoms with van der Waals surface area (Å²) in [5, 5.41) is 0.950. The van der Waals surface area contributed by atoms with Crippen LogP contribution in [0.3, 0.4) is 0 Å². The molecule has 0 aliphatic rings. The van der Waals surface area contributed by atoms with E-state index in [0.717, 1.165) is 47.0 Å². The first-order valence-corrected chi connectivity index (χ1v) is 7.20. The summed E-state index contributed by atoms with van der Waals surface area (Å²) < 4.78 is 13.6. The third-order valence-corrected chi connectivity index (χ3v) is 3.70. The van der Waals surface area contributed by atoms with Crippen molar-refractivity contribution >= 4 is 10.9 Å². The molecule has 3 N–H and O–H groups in total. The van der Waals surface area contributed by atoms with Crippen LogP contribution in [0.2, 0.25) is 0 Å². The molecule has 0 aliphatic heterocycles. The monoisotopic (exact) mass is 283 g/mol. The topological polar surface area (TPSA) is 54.7 Å². The highest BCUT2D eigenvalue weighted by Gasteiger charge is 2.13. The molecule has 4 heteroatoms. The molecule has 0 saturated heterocycles. The molecule has 2 aromatic heterocycles. The number of unbranched alkanes of at least 4 members (excludes halogenated alkanes) is 1. The van der Waals surface area contributed by atoms with Crippen LogP contribution < -0.4 is 5.73 Å². The lowest BCUT2D eigenvalue weighted by Gasteiger charge is -2.04. The zero-order valence-electron chi connectivity index (χ0n) is 11.8. The molecule has 108 valence electrons. The number of aryl methyl sites for hydroxylation is 1. The SMILES string of the molecule is NCCCCc1c(-c2cccnc2)[nH]c2ccc(F)cc12. The van der Waals surface area contributed by atoms with Gasteiger partial charge < -0.3 is 10.7 Å². The number of benzene rings is 1. The number of aromatic nitrogens is 2. The van der Waals surface area contributed by atoms with Gasteiger partial charge in [-0.2, -0.15) is 0 Å². The van der Waals surface area contributed by atoms with Gasteiger partial charge in [-0.05, 0) is 61.7 Å². The Bertz CT molecular complexity index is 734. The summed E-state index contributed by atoms with van der Waals surface area (Å²) in [6.45, 7) is 0.680. The molecular weight excluding hydrogens is 265 g/mol. The van der Waals surface area contributed by atoms with E-state index in [1.807, 2.05) is 18.3 Å². The lowest BCUT2D eigenvalue weighted by Crippen LogP contribution is -1.99. The quantitative estimate of drug-likeness (QED) is 0.702. The van der Waals surface area contributed by atoms with E-state index in [0.29, 0.717) is 6.54 Å². The van der Waals surface area contributed by atoms with Gasteiger partial charge in [0.25, 0.3) is 0 Å². The summed E-state index contributed by atoms with van der Waals surface area (Å²) >= 11 is 0. The van der Waals surface area contributed by atoms with Crippen LogP contribution in [0.4, 0.5) is 4.39 Å². The number of fused-ring (bicyclic) bond motifs is 1. The van der Waals surface area contributed by atoms with Gasteiger partial charge in [0, 0.05) is 28.9 Å². The van der Waals surface area contributed by atoms with E-state index in [9.17, 15) is 4.39 Å². The summed E-state index contributed by atoms with van der Waals surface area (Å²) in [6.07, 6.45) is 6.42. The lowest BCUT2D eigenvalue weighted by molar-refractivity contribution is 0.629. The number of halogens is 1. The van der Waals surface area contributed by atoms with Crippen molar-refractivity contribution in [1.82, 2.24) is 9.97 Å². The molecule has 0 radical (unpaired) electrons. The number of hydrogen-bond acceptors (Lipinski definition) is 2. The second kappa shape index (κ2) is 6.06. The molecule has 3 rings (SSSR count). The second-order valence-electron chi connectivity index (χ2n) is 5.16. The van der Waals surface area contributed by atoms with Gasteiger partial charge >= 0.3 is 0 Å². The van der Waals surface area contributed by atoms with E-state index in [2.05, 4.69) is 9.97 Å². The third kappa shape index (κ3) is 2.81. The van der Waals surface area contributed by atoms with Crippen LogP contribution in [0.1, 0.15) is 18.4 Å². The molecule has 3 nitrogen and oxygen atoms in total. The number of nitrogens with one attached hydrogen (secondary N) is 1. The van der Waals surface area contributed by atoms with Gasteiger partial charge in [0.15, 0.2) is 0 Å². The maximum Gasteiger partial charge on any atom is 0.123 e. The summed E-state index contributed by atoms with van der Waals surface area (Å²) in [5.74, 6) is -0.209. The van der Waals surface area contributed by atoms with Crippen molar-refractivity contribution in [3.05, 3.63) is 54.1 Å². The fraction of sp³-hybridized carbons (Fsp3) is 0.235. The van der Waals surface area contributed by atoms with Crippen molar-refractivity contribution in [2.75, 3.05) is 6.54 Å². The smallest absolute Gasteiger partial charge is 0.123 e. The van der Waals surface area contributed by atoms with E-state index in [-0.39, 0.29) is 5.82 Å². The van der Waals surface area contributed by atoms with Gasteiger partial charge in [0.2, 0.25) is 0 Å². The number of nitrogens with zero attached hydrogens (tertiary/aromatic N) is 1. The van der Waals surface area contributed by atoms with Crippen molar-refractivity contribution in [3.8, 4) is 11.3 Å². The first kappa shape index (κ1) is 13.8. The highest BCUT2D eigenvalue weighted by atomic mass is 19.1. The Morgan fingerprint density at radius 2 is 2.10 bits per heavy atom. The third-order valence-electron chi connectivity index (χ3n) is 3.70. The van der Waals surface area contributed by atoms with E-state index in [4.69, 9.17) is 5.73 Å². The largest absolute Gasteiger partial charge is 0.354 e. The van der Waals surface area contributed by atoms with Crippen LogP contribution in [0.15, 0.2) is 42.7 Å². The Morgan fingerprint density at radius 1 is 1.19 bits per heavy atom. The van der Waals surface area contributed by atoms with Gasteiger partial charge in [-0.3, -0.25) is 4.98 Å². The number of H-pyrrole nitrogens is 1. The molecule has 0 amide bonds. The number of aromatic amines is 1. The van der Waals surface area contributed by atoms with Crippen molar-refractivity contribution in [1.29, 1.82) is 0 Å². The predicted octanol–water partition coefficient (Wildman–Crippen LogP) is 3.65. The maximum absolute atomic E-state index is 13.6. The zero-order valence-corrected chi connectivity index (χ0v) is 11.8. The van der Waals surface area contributed by atoms with E-state index in [1.54, 1.807) is 18.3 Å². The molecule has 2 heterocycles. The minimum absolute atomic E-state index is 0.209. The highest BCUT2D eigenvalue weighted by molar-refractivity contribution is 5.90. The predicted molar refractivity (Wildman–Crippen MR) is 83.5 cm³/mol. The number of pyridine rings is 1. The Hall–Kier alpha value is -2.20. The molecule has 21 heavy (non-hydrogen) atoms. The molecule has 0 atom stereocenters. The molecular formula is C17H18FN3. The standard InChI is InChI=1S/C17H18FN3/c18-13-6-7-16-15(10-13)14(5-1-2-8-19)17(21-16)12-4-3-9-20-11-12/h3-4,6-7,9-11,21H,1-2,5,8,19H2. The fourth-order valence-electron chi connectivity index (χ4n) is 2.68. The van der Waals surface area contributed by atoms with Crippen molar-refractivity contribution in [2.45, 2.75) is 19.3 Å². The van der Waals surface area contributed by atoms with Crippen molar-refractivity contribution < 1.29 is 4.39 Å². The summed E-state index contributed by atoms with van der Waals surface area (Å²) in [5.41, 5.74) is 9.73. The van der Waals surface area contributed by atoms with Gasteiger partial charge in [-0.25, -0.2) is 4.39 Å². The van der Waals surface area contributed by atoms with Gasteiger partial charge in [0.05, 0.1) is 5.69 Å². The molecule has 0 aliphatic carbocycles. The molecule has 0 spiro atoms. The molecule has 3 aromatic rings. The van der Waals surface area contributed by atoms with Crippen LogP contribution >= 0.6 is 0 Å². The molecule has 0 fully saturated rings. The van der Waals surface area contributed by atoms with Crippen molar-refractivity contribution in [2.24, 2.45) is 5.73 Å². The Balaban J connectivity index is 2.11. The molecule has 1 aromatic carbocycles. The van der Waals surface area contributed by atoms with E-state index in [1.165, 1.54) is 6.07 Å². The first-order valence-electron chi connectivity index (χ1n) is 7.20. The van der Waals surface area contributed by atoms with Crippen LogP contribution in [-0.2, 0) is 6.42 Å². The van der Waals surface area contributed by atoms with E-state index >= 15 is 0 Å². The zero-order chi connectivity index (χ0) is 14.7. The van der Waals surface area contributed by atoms with Crippen LogP contribution in [0, 0.1) is 5.82 Å². The number of rotatable bonds is 5. The second-order valence-corrected chi connectivity index (χ2v) is 5.16. The number of hydrogen-bond donors (Lipinski definition) is 2. The Morgan fingerprint density at radius 3 is 2.86 bits per heavy atom. The average Bonchev–Trinajstić information content (AvgIpc) is 2.87. The van der Waals surface area contributed by atoms with Gasteiger partial charge in [-0.15, -0.1) is 0 Å². The van der Waals surface area contributed by atoms with Gasteiger partial charge in [0.1, 0.15) is 5.82 Å². The minimum Gasteiger partial charge on any atom is -0.354 e. The molecule has 0 saturated carbocycles. The first-order chi connectivity index (χ1) is 10.3.